The number of hydrogen-bond donors (Lipinski definition) is 2. The van der Waals surface area contributed by atoms with E-state index in [2.05, 4.69) is 20.8 Å². The van der Waals surface area contributed by atoms with Crippen LogP contribution in [0, 0.1) is 6.92 Å². The zero-order chi connectivity index (χ0) is 20.5. The largest absolute Gasteiger partial charge is 0.335 e. The van der Waals surface area contributed by atoms with Crippen molar-refractivity contribution < 1.29 is 14.1 Å². The minimum Gasteiger partial charge on any atom is -0.335 e. The second-order valence-electron chi connectivity index (χ2n) is 6.31. The van der Waals surface area contributed by atoms with Gasteiger partial charge in [0.1, 0.15) is 0 Å². The summed E-state index contributed by atoms with van der Waals surface area (Å²) in [5, 5.41) is 12.2. The zero-order valence-electron chi connectivity index (χ0n) is 15.4. The van der Waals surface area contributed by atoms with Gasteiger partial charge in [-0.05, 0) is 42.6 Å². The number of halogens is 1. The van der Waals surface area contributed by atoms with Gasteiger partial charge in [-0.15, -0.1) is 11.3 Å². The van der Waals surface area contributed by atoms with E-state index in [4.69, 9.17) is 16.1 Å². The van der Waals surface area contributed by atoms with Crippen LogP contribution in [-0.2, 0) is 4.79 Å². The molecule has 0 aliphatic heterocycles. The van der Waals surface area contributed by atoms with Gasteiger partial charge in [0.25, 0.3) is 11.6 Å². The van der Waals surface area contributed by atoms with Gasteiger partial charge >= 0.3 is 0 Å². The van der Waals surface area contributed by atoms with Crippen LogP contribution in [0.3, 0.4) is 0 Å². The Morgan fingerprint density at radius 1 is 1.17 bits per heavy atom. The van der Waals surface area contributed by atoms with Gasteiger partial charge in [-0.2, -0.15) is 0 Å². The van der Waals surface area contributed by atoms with Crippen LogP contribution in [0.15, 0.2) is 46.3 Å². The van der Waals surface area contributed by atoms with Crippen molar-refractivity contribution in [3.8, 4) is 10.6 Å². The van der Waals surface area contributed by atoms with Crippen LogP contribution in [0.1, 0.15) is 23.0 Å². The second kappa shape index (κ2) is 7.65. The quantitative estimate of drug-likeness (QED) is 0.471. The summed E-state index contributed by atoms with van der Waals surface area (Å²) in [5.74, 6) is -0.572. The van der Waals surface area contributed by atoms with Gasteiger partial charge in [-0.25, -0.2) is 4.98 Å². The molecule has 0 saturated heterocycles. The van der Waals surface area contributed by atoms with Gasteiger partial charge in [0.15, 0.2) is 0 Å². The van der Waals surface area contributed by atoms with Crippen LogP contribution < -0.4 is 10.6 Å². The summed E-state index contributed by atoms with van der Waals surface area (Å²) in [5.41, 5.74) is 2.88. The van der Waals surface area contributed by atoms with Gasteiger partial charge in [0.2, 0.25) is 5.91 Å². The number of hydrogen-bond acceptors (Lipinski definition) is 6. The molecule has 0 radical (unpaired) electrons. The Bertz CT molecular complexity index is 1230. The average Bonchev–Trinajstić information content (AvgIpc) is 3.33. The summed E-state index contributed by atoms with van der Waals surface area (Å²) in [4.78, 5) is 29.7. The number of aromatic nitrogens is 2. The summed E-state index contributed by atoms with van der Waals surface area (Å²) in [6.07, 6.45) is 0. The van der Waals surface area contributed by atoms with Crippen molar-refractivity contribution in [1.82, 2.24) is 10.1 Å². The molecular formula is C20H15ClN4O3S. The molecular weight excluding hydrogens is 412 g/mol. The van der Waals surface area contributed by atoms with Crippen molar-refractivity contribution in [3.63, 3.8) is 0 Å². The monoisotopic (exact) mass is 426 g/mol. The van der Waals surface area contributed by atoms with E-state index in [0.29, 0.717) is 44.4 Å². The lowest BCUT2D eigenvalue weighted by Gasteiger charge is -2.10. The number of nitrogens with zero attached hydrogens (tertiary/aromatic N) is 2. The molecule has 0 spiro atoms. The fraction of sp³-hybridized carbons (Fsp3) is 0.100. The maximum Gasteiger partial charge on any atom is 0.259 e. The average molecular weight is 427 g/mol. The molecule has 0 fully saturated rings. The highest BCUT2D eigenvalue weighted by Crippen LogP contribution is 2.31. The smallest absolute Gasteiger partial charge is 0.259 e. The van der Waals surface area contributed by atoms with E-state index < -0.39 is 0 Å². The minimum absolute atomic E-state index is 0.230. The van der Waals surface area contributed by atoms with E-state index >= 15 is 0 Å². The van der Waals surface area contributed by atoms with Crippen molar-refractivity contribution in [3.05, 3.63) is 58.1 Å². The lowest BCUT2D eigenvalue weighted by atomic mass is 10.1. The molecule has 0 aliphatic carbocycles. The van der Waals surface area contributed by atoms with E-state index in [1.54, 1.807) is 31.2 Å². The molecule has 2 N–H and O–H groups in total. The van der Waals surface area contributed by atoms with Crippen LogP contribution in [0.2, 0.25) is 5.02 Å². The van der Waals surface area contributed by atoms with E-state index in [9.17, 15) is 9.59 Å². The van der Waals surface area contributed by atoms with Crippen LogP contribution in [0.4, 0.5) is 11.4 Å². The normalized spacial score (nSPS) is 10.9. The molecule has 7 nitrogen and oxygen atoms in total. The van der Waals surface area contributed by atoms with E-state index in [-0.39, 0.29) is 11.8 Å². The van der Waals surface area contributed by atoms with Crippen LogP contribution in [-0.4, -0.2) is 22.0 Å². The van der Waals surface area contributed by atoms with Crippen molar-refractivity contribution in [2.75, 3.05) is 10.6 Å². The third-order valence-corrected chi connectivity index (χ3v) is 5.38. The Hall–Kier alpha value is -3.23. The predicted octanol–water partition coefficient (Wildman–Crippen LogP) is 5.12. The van der Waals surface area contributed by atoms with Gasteiger partial charge in [0, 0.05) is 12.6 Å². The maximum absolute atomic E-state index is 13.1. The maximum atomic E-state index is 13.1. The molecule has 3 heterocycles. The Labute approximate surface area is 174 Å². The third kappa shape index (κ3) is 3.85. The third-order valence-electron chi connectivity index (χ3n) is 4.17. The Morgan fingerprint density at radius 2 is 2.00 bits per heavy atom. The number of anilines is 2. The Kier molecular flexibility index (Phi) is 5.04. The first-order chi connectivity index (χ1) is 13.9. The van der Waals surface area contributed by atoms with E-state index in [1.807, 2.05) is 17.5 Å². The summed E-state index contributed by atoms with van der Waals surface area (Å²) in [6, 6.07) is 10.4. The number of carbonyl (C=O) groups excluding carboxylic acids is 2. The number of benzene rings is 1. The molecule has 0 atom stereocenters. The molecule has 146 valence electrons. The summed E-state index contributed by atoms with van der Waals surface area (Å²) in [6.45, 7) is 3.15. The van der Waals surface area contributed by atoms with Gasteiger partial charge in [0.05, 0.1) is 37.9 Å². The number of aryl methyl sites for hydroxylation is 1. The highest BCUT2D eigenvalue weighted by molar-refractivity contribution is 7.13. The molecule has 2 amide bonds. The summed E-state index contributed by atoms with van der Waals surface area (Å²) >= 11 is 7.71. The number of fused-ring (bicyclic) bond motifs is 1. The molecule has 29 heavy (non-hydrogen) atoms. The van der Waals surface area contributed by atoms with E-state index in [1.165, 1.54) is 18.3 Å². The fourth-order valence-electron chi connectivity index (χ4n) is 2.91. The molecule has 0 bridgehead atoms. The van der Waals surface area contributed by atoms with Gasteiger partial charge in [-0.1, -0.05) is 22.8 Å². The first-order valence-corrected chi connectivity index (χ1v) is 9.87. The first kappa shape index (κ1) is 19.1. The lowest BCUT2D eigenvalue weighted by Crippen LogP contribution is -2.13. The van der Waals surface area contributed by atoms with Crippen LogP contribution in [0.5, 0.6) is 0 Å². The minimum atomic E-state index is -0.343. The topological polar surface area (TPSA) is 97.1 Å². The Balaban J connectivity index is 1.70. The molecule has 0 saturated carbocycles. The highest BCUT2D eigenvalue weighted by Gasteiger charge is 2.20. The molecule has 9 heteroatoms. The molecule has 4 rings (SSSR count). The zero-order valence-corrected chi connectivity index (χ0v) is 17.0. The van der Waals surface area contributed by atoms with Crippen molar-refractivity contribution >= 4 is 57.2 Å². The summed E-state index contributed by atoms with van der Waals surface area (Å²) in [7, 11) is 0. The number of nitrogens with one attached hydrogen (secondary N) is 2. The molecule has 4 aromatic rings. The number of thiophene rings is 1. The van der Waals surface area contributed by atoms with Crippen molar-refractivity contribution in [2.24, 2.45) is 0 Å². The fourth-order valence-corrected chi connectivity index (χ4v) is 3.82. The number of rotatable bonds is 4. The molecule has 0 unspecified atom stereocenters. The standard InChI is InChI=1S/C20H15ClN4O3S/c1-10-18-13(9-16(17-4-3-7-29-17)24-20(18)28-25-10)19(27)23-12-5-6-15(14(21)8-12)22-11(2)26/h3-9H,1-2H3,(H,22,26)(H,23,27). The lowest BCUT2D eigenvalue weighted by molar-refractivity contribution is -0.114. The Morgan fingerprint density at radius 3 is 2.69 bits per heavy atom. The van der Waals surface area contributed by atoms with Crippen molar-refractivity contribution in [1.29, 1.82) is 0 Å². The number of pyridine rings is 1. The van der Waals surface area contributed by atoms with Gasteiger partial charge in [-0.3, -0.25) is 9.59 Å². The SMILES string of the molecule is CC(=O)Nc1ccc(NC(=O)c2cc(-c3cccs3)nc3onc(C)c23)cc1Cl. The van der Waals surface area contributed by atoms with Crippen molar-refractivity contribution in [2.45, 2.75) is 13.8 Å². The molecule has 3 aromatic heterocycles. The first-order valence-electron chi connectivity index (χ1n) is 8.62. The van der Waals surface area contributed by atoms with Crippen LogP contribution >= 0.6 is 22.9 Å². The van der Waals surface area contributed by atoms with Crippen LogP contribution in [0.25, 0.3) is 21.7 Å². The highest BCUT2D eigenvalue weighted by atomic mass is 35.5. The second-order valence-corrected chi connectivity index (χ2v) is 7.67. The van der Waals surface area contributed by atoms with E-state index in [0.717, 1.165) is 4.88 Å². The van der Waals surface area contributed by atoms with Gasteiger partial charge < -0.3 is 15.2 Å². The number of amides is 2. The number of carbonyl (C=O) groups is 2. The molecule has 1 aromatic carbocycles. The predicted molar refractivity (Wildman–Crippen MR) is 114 cm³/mol. The molecule has 0 aliphatic rings. The summed E-state index contributed by atoms with van der Waals surface area (Å²) < 4.78 is 5.30.